The van der Waals surface area contributed by atoms with E-state index in [9.17, 15) is 0 Å². The van der Waals surface area contributed by atoms with Crippen LogP contribution in [-0.4, -0.2) is 12.1 Å². The van der Waals surface area contributed by atoms with E-state index in [1.54, 1.807) is 0 Å². The lowest BCUT2D eigenvalue weighted by atomic mass is 9.87. The highest BCUT2D eigenvalue weighted by Crippen LogP contribution is 2.39. The first kappa shape index (κ1) is 13.8. The van der Waals surface area contributed by atoms with Crippen LogP contribution in [0.25, 0.3) is 0 Å². The Morgan fingerprint density at radius 2 is 1.70 bits per heavy atom. The Labute approximate surface area is 122 Å². The van der Waals surface area contributed by atoms with Crippen molar-refractivity contribution < 1.29 is 4.74 Å². The van der Waals surface area contributed by atoms with Crippen molar-refractivity contribution in [2.24, 2.45) is 5.41 Å². The van der Waals surface area contributed by atoms with Crippen molar-refractivity contribution in [2.75, 3.05) is 5.32 Å². The minimum atomic E-state index is 0.416. The molecule has 2 saturated carbocycles. The summed E-state index contributed by atoms with van der Waals surface area (Å²) in [6.07, 6.45) is 9.48. The first-order chi connectivity index (χ1) is 9.63. The van der Waals surface area contributed by atoms with E-state index in [4.69, 9.17) is 4.74 Å². The summed E-state index contributed by atoms with van der Waals surface area (Å²) < 4.78 is 6.01. The lowest BCUT2D eigenvalue weighted by Gasteiger charge is -2.28. The molecule has 0 aliphatic heterocycles. The van der Waals surface area contributed by atoms with E-state index in [1.807, 2.05) is 0 Å². The van der Waals surface area contributed by atoms with Gasteiger partial charge in [-0.3, -0.25) is 0 Å². The minimum Gasteiger partial charge on any atom is -0.490 e. The van der Waals surface area contributed by atoms with Crippen molar-refractivity contribution in [1.29, 1.82) is 0 Å². The molecule has 2 heteroatoms. The van der Waals surface area contributed by atoms with Gasteiger partial charge in [0.15, 0.2) is 0 Å². The van der Waals surface area contributed by atoms with Gasteiger partial charge in [0.2, 0.25) is 0 Å². The molecule has 2 nitrogen and oxygen atoms in total. The van der Waals surface area contributed by atoms with E-state index < -0.39 is 0 Å². The standard InChI is InChI=1S/C18H27NO/c1-18(2)13-5-8-17(18)19-14-9-11-16(12-10-14)20-15-6-3-4-7-15/h9-12,15,17,19H,3-8,13H2,1-2H3. The quantitative estimate of drug-likeness (QED) is 0.833. The van der Waals surface area contributed by atoms with Gasteiger partial charge in [-0.25, -0.2) is 0 Å². The van der Waals surface area contributed by atoms with Gasteiger partial charge in [0, 0.05) is 11.7 Å². The number of rotatable bonds is 4. The second-order valence-electron chi connectivity index (χ2n) is 7.13. The zero-order valence-electron chi connectivity index (χ0n) is 12.8. The second kappa shape index (κ2) is 5.67. The highest BCUT2D eigenvalue weighted by Gasteiger charge is 2.34. The summed E-state index contributed by atoms with van der Waals surface area (Å²) in [5.41, 5.74) is 1.64. The predicted molar refractivity (Wildman–Crippen MR) is 84.4 cm³/mol. The van der Waals surface area contributed by atoms with E-state index in [-0.39, 0.29) is 0 Å². The molecular weight excluding hydrogens is 246 g/mol. The predicted octanol–water partition coefficient (Wildman–Crippen LogP) is 5.00. The van der Waals surface area contributed by atoms with Crippen molar-refractivity contribution in [3.05, 3.63) is 24.3 Å². The molecule has 1 unspecified atom stereocenters. The van der Waals surface area contributed by atoms with E-state index in [0.717, 1.165) is 5.75 Å². The number of nitrogens with one attached hydrogen (secondary N) is 1. The highest BCUT2D eigenvalue weighted by molar-refractivity contribution is 5.47. The molecule has 0 heterocycles. The fraction of sp³-hybridized carbons (Fsp3) is 0.667. The van der Waals surface area contributed by atoms with Gasteiger partial charge >= 0.3 is 0 Å². The molecule has 20 heavy (non-hydrogen) atoms. The van der Waals surface area contributed by atoms with Crippen LogP contribution in [0.1, 0.15) is 58.8 Å². The maximum absolute atomic E-state index is 6.01. The maximum Gasteiger partial charge on any atom is 0.119 e. The van der Waals surface area contributed by atoms with Crippen molar-refractivity contribution in [1.82, 2.24) is 0 Å². The van der Waals surface area contributed by atoms with Crippen LogP contribution in [0.2, 0.25) is 0 Å². The Balaban J connectivity index is 1.58. The smallest absolute Gasteiger partial charge is 0.119 e. The van der Waals surface area contributed by atoms with E-state index in [0.29, 0.717) is 17.6 Å². The molecule has 0 spiro atoms. The maximum atomic E-state index is 6.01. The molecule has 2 fully saturated rings. The number of anilines is 1. The molecule has 1 aromatic rings. The Kier molecular flexibility index (Phi) is 3.91. The van der Waals surface area contributed by atoms with Crippen molar-refractivity contribution in [3.63, 3.8) is 0 Å². The molecule has 2 aliphatic rings. The zero-order valence-corrected chi connectivity index (χ0v) is 12.8. The highest BCUT2D eigenvalue weighted by atomic mass is 16.5. The van der Waals surface area contributed by atoms with Gasteiger partial charge < -0.3 is 10.1 Å². The van der Waals surface area contributed by atoms with Crippen LogP contribution in [0.3, 0.4) is 0 Å². The number of hydrogen-bond donors (Lipinski definition) is 1. The summed E-state index contributed by atoms with van der Waals surface area (Å²) >= 11 is 0. The van der Waals surface area contributed by atoms with Gasteiger partial charge in [-0.15, -0.1) is 0 Å². The average molecular weight is 273 g/mol. The van der Waals surface area contributed by atoms with Crippen LogP contribution in [0.4, 0.5) is 5.69 Å². The average Bonchev–Trinajstić information content (AvgIpc) is 3.03. The Morgan fingerprint density at radius 3 is 2.30 bits per heavy atom. The molecule has 1 N–H and O–H groups in total. The largest absolute Gasteiger partial charge is 0.490 e. The van der Waals surface area contributed by atoms with E-state index in [1.165, 1.54) is 50.6 Å². The molecule has 0 aromatic heterocycles. The second-order valence-corrected chi connectivity index (χ2v) is 7.13. The van der Waals surface area contributed by atoms with Crippen LogP contribution in [-0.2, 0) is 0 Å². The normalized spacial score (nSPS) is 25.8. The first-order valence-electron chi connectivity index (χ1n) is 8.17. The summed E-state index contributed by atoms with van der Waals surface area (Å²) in [5.74, 6) is 1.02. The lowest BCUT2D eigenvalue weighted by molar-refractivity contribution is 0.210. The lowest BCUT2D eigenvalue weighted by Crippen LogP contribution is -2.30. The van der Waals surface area contributed by atoms with Gasteiger partial charge in [-0.1, -0.05) is 20.3 Å². The van der Waals surface area contributed by atoms with Gasteiger partial charge in [-0.2, -0.15) is 0 Å². The van der Waals surface area contributed by atoms with E-state index in [2.05, 4.69) is 43.4 Å². The summed E-state index contributed by atoms with van der Waals surface area (Å²) in [7, 11) is 0. The number of hydrogen-bond acceptors (Lipinski definition) is 2. The Hall–Kier alpha value is -1.18. The van der Waals surface area contributed by atoms with Gasteiger partial charge in [0.25, 0.3) is 0 Å². The first-order valence-corrected chi connectivity index (χ1v) is 8.17. The van der Waals surface area contributed by atoms with E-state index >= 15 is 0 Å². The van der Waals surface area contributed by atoms with Crippen molar-refractivity contribution in [3.8, 4) is 5.75 Å². The number of ether oxygens (including phenoxy) is 1. The molecule has 2 aliphatic carbocycles. The van der Waals surface area contributed by atoms with Crippen molar-refractivity contribution >= 4 is 5.69 Å². The molecular formula is C18H27NO. The minimum absolute atomic E-state index is 0.416. The van der Waals surface area contributed by atoms with Gasteiger partial charge in [0.05, 0.1) is 6.10 Å². The molecule has 0 saturated heterocycles. The van der Waals surface area contributed by atoms with Crippen molar-refractivity contribution in [2.45, 2.75) is 70.9 Å². The summed E-state index contributed by atoms with van der Waals surface area (Å²) in [4.78, 5) is 0. The van der Waals surface area contributed by atoms with Crippen LogP contribution in [0.15, 0.2) is 24.3 Å². The number of benzene rings is 1. The fourth-order valence-electron chi connectivity index (χ4n) is 3.62. The summed E-state index contributed by atoms with van der Waals surface area (Å²) in [6, 6.07) is 9.16. The Bertz CT molecular complexity index is 431. The van der Waals surface area contributed by atoms with Gasteiger partial charge in [0.1, 0.15) is 5.75 Å². The molecule has 0 amide bonds. The van der Waals surface area contributed by atoms with Crippen LogP contribution in [0, 0.1) is 5.41 Å². The molecule has 1 atom stereocenters. The third kappa shape index (κ3) is 3.11. The topological polar surface area (TPSA) is 21.3 Å². The zero-order chi connectivity index (χ0) is 14.0. The Morgan fingerprint density at radius 1 is 1.00 bits per heavy atom. The van der Waals surface area contributed by atoms with Crippen LogP contribution >= 0.6 is 0 Å². The summed E-state index contributed by atoms with van der Waals surface area (Å²) in [6.45, 7) is 4.74. The third-order valence-corrected chi connectivity index (χ3v) is 5.06. The van der Waals surface area contributed by atoms with Crippen LogP contribution < -0.4 is 10.1 Å². The molecule has 0 bridgehead atoms. The SMILES string of the molecule is CC1(C)CCCC1Nc1ccc(OC2CCCC2)cc1. The summed E-state index contributed by atoms with van der Waals surface area (Å²) in [5, 5.41) is 3.70. The third-order valence-electron chi connectivity index (χ3n) is 5.06. The molecule has 1 aromatic carbocycles. The molecule has 110 valence electrons. The molecule has 3 rings (SSSR count). The fourth-order valence-corrected chi connectivity index (χ4v) is 3.62. The van der Waals surface area contributed by atoms with Crippen LogP contribution in [0.5, 0.6) is 5.75 Å². The monoisotopic (exact) mass is 273 g/mol. The molecule has 0 radical (unpaired) electrons. The van der Waals surface area contributed by atoms with Gasteiger partial charge in [-0.05, 0) is 68.2 Å².